The highest BCUT2D eigenvalue weighted by Gasteiger charge is 2.34. The van der Waals surface area contributed by atoms with Crippen molar-refractivity contribution < 1.29 is 28.5 Å². The van der Waals surface area contributed by atoms with E-state index >= 15 is 0 Å². The van der Waals surface area contributed by atoms with Gasteiger partial charge in [-0.2, -0.15) is 0 Å². The predicted molar refractivity (Wildman–Crippen MR) is 135 cm³/mol. The zero-order chi connectivity index (χ0) is 25.1. The third kappa shape index (κ3) is 4.81. The quantitative estimate of drug-likeness (QED) is 0.610. The number of carbonyl (C=O) groups excluding carboxylic acids is 2. The van der Waals surface area contributed by atoms with Crippen LogP contribution in [0.25, 0.3) is 0 Å². The lowest BCUT2D eigenvalue weighted by atomic mass is 9.88. The molecule has 1 aliphatic carbocycles. The SMILES string of the molecule is COc1cc(NC(=O)C2CCCCC2)c(C(=O)N2CCC[C@H]2c2ccc3c(c2)OCCO3)cc1OC. The van der Waals surface area contributed by atoms with Crippen LogP contribution in [0.3, 0.4) is 0 Å². The average Bonchev–Trinajstić information content (AvgIpc) is 3.42. The molecule has 0 spiro atoms. The minimum atomic E-state index is -0.146. The molecule has 2 aromatic carbocycles. The fourth-order valence-corrected chi connectivity index (χ4v) is 5.54. The third-order valence-corrected chi connectivity index (χ3v) is 7.45. The maximum absolute atomic E-state index is 14.0. The number of methoxy groups -OCH3 is 2. The van der Waals surface area contributed by atoms with Crippen LogP contribution in [-0.4, -0.2) is 50.7 Å². The van der Waals surface area contributed by atoms with Gasteiger partial charge < -0.3 is 29.2 Å². The van der Waals surface area contributed by atoms with E-state index in [4.69, 9.17) is 18.9 Å². The summed E-state index contributed by atoms with van der Waals surface area (Å²) in [6.07, 6.45) is 6.77. The van der Waals surface area contributed by atoms with Gasteiger partial charge in [0, 0.05) is 18.5 Å². The van der Waals surface area contributed by atoms with Crippen molar-refractivity contribution in [2.75, 3.05) is 39.3 Å². The Balaban J connectivity index is 1.45. The third-order valence-electron chi connectivity index (χ3n) is 7.45. The average molecular weight is 495 g/mol. The summed E-state index contributed by atoms with van der Waals surface area (Å²) >= 11 is 0. The first-order valence-corrected chi connectivity index (χ1v) is 12.9. The van der Waals surface area contributed by atoms with Crippen molar-refractivity contribution in [3.05, 3.63) is 41.5 Å². The number of carbonyl (C=O) groups is 2. The summed E-state index contributed by atoms with van der Waals surface area (Å²) in [4.78, 5) is 29.0. The van der Waals surface area contributed by atoms with Crippen LogP contribution in [-0.2, 0) is 4.79 Å². The summed E-state index contributed by atoms with van der Waals surface area (Å²) in [5.74, 6) is 2.14. The zero-order valence-corrected chi connectivity index (χ0v) is 21.0. The molecule has 2 heterocycles. The van der Waals surface area contributed by atoms with Crippen molar-refractivity contribution in [3.63, 3.8) is 0 Å². The summed E-state index contributed by atoms with van der Waals surface area (Å²) in [7, 11) is 3.09. The predicted octanol–water partition coefficient (Wildman–Crippen LogP) is 4.97. The first-order valence-electron chi connectivity index (χ1n) is 12.9. The van der Waals surface area contributed by atoms with Crippen LogP contribution in [0.4, 0.5) is 5.69 Å². The van der Waals surface area contributed by atoms with E-state index in [0.717, 1.165) is 49.8 Å². The normalized spacial score (nSPS) is 19.6. The number of hydrogen-bond donors (Lipinski definition) is 1. The molecule has 3 aliphatic rings. The lowest BCUT2D eigenvalue weighted by molar-refractivity contribution is -0.120. The maximum Gasteiger partial charge on any atom is 0.256 e. The van der Waals surface area contributed by atoms with Crippen molar-refractivity contribution in [1.82, 2.24) is 4.90 Å². The number of benzene rings is 2. The van der Waals surface area contributed by atoms with Crippen molar-refractivity contribution in [2.24, 2.45) is 5.92 Å². The molecule has 8 heteroatoms. The van der Waals surface area contributed by atoms with E-state index in [1.807, 2.05) is 23.1 Å². The molecule has 1 saturated carbocycles. The van der Waals surface area contributed by atoms with Gasteiger partial charge in [-0.05, 0) is 49.4 Å². The van der Waals surface area contributed by atoms with Crippen molar-refractivity contribution >= 4 is 17.5 Å². The van der Waals surface area contributed by atoms with Gasteiger partial charge in [0.2, 0.25) is 5.91 Å². The van der Waals surface area contributed by atoms with E-state index < -0.39 is 0 Å². The van der Waals surface area contributed by atoms with Crippen molar-refractivity contribution in [2.45, 2.75) is 51.0 Å². The fraction of sp³-hybridized carbons (Fsp3) is 0.500. The topological polar surface area (TPSA) is 86.3 Å². The highest BCUT2D eigenvalue weighted by Crippen LogP contribution is 2.41. The van der Waals surface area contributed by atoms with E-state index in [2.05, 4.69) is 5.32 Å². The first kappa shape index (κ1) is 24.3. The van der Waals surface area contributed by atoms with E-state index in [-0.39, 0.29) is 23.8 Å². The maximum atomic E-state index is 14.0. The van der Waals surface area contributed by atoms with E-state index in [1.165, 1.54) is 6.42 Å². The molecule has 0 aromatic heterocycles. The van der Waals surface area contributed by atoms with Gasteiger partial charge in [-0.25, -0.2) is 0 Å². The Labute approximate surface area is 211 Å². The molecule has 5 rings (SSSR count). The van der Waals surface area contributed by atoms with E-state index in [1.54, 1.807) is 26.4 Å². The first-order chi connectivity index (χ1) is 17.6. The molecule has 2 fully saturated rings. The number of nitrogens with one attached hydrogen (secondary N) is 1. The number of likely N-dealkylation sites (tertiary alicyclic amines) is 1. The Morgan fingerprint density at radius 1 is 0.889 bits per heavy atom. The number of anilines is 1. The molecule has 8 nitrogen and oxygen atoms in total. The molecular weight excluding hydrogens is 460 g/mol. The Hall–Kier alpha value is -3.42. The monoisotopic (exact) mass is 494 g/mol. The second kappa shape index (κ2) is 10.7. The molecule has 2 amide bonds. The summed E-state index contributed by atoms with van der Waals surface area (Å²) in [5.41, 5.74) is 1.88. The minimum Gasteiger partial charge on any atom is -0.493 e. The molecule has 36 heavy (non-hydrogen) atoms. The van der Waals surface area contributed by atoms with Crippen molar-refractivity contribution in [1.29, 1.82) is 0 Å². The molecular formula is C28H34N2O6. The van der Waals surface area contributed by atoms with E-state index in [9.17, 15) is 9.59 Å². The van der Waals surface area contributed by atoms with Crippen molar-refractivity contribution in [3.8, 4) is 23.0 Å². The van der Waals surface area contributed by atoms with Gasteiger partial charge in [0.1, 0.15) is 13.2 Å². The number of amides is 2. The lowest BCUT2D eigenvalue weighted by Crippen LogP contribution is -2.32. The van der Waals surface area contributed by atoms with Crippen LogP contribution in [0, 0.1) is 5.92 Å². The number of ether oxygens (including phenoxy) is 4. The van der Waals surface area contributed by atoms with Crippen LogP contribution in [0.1, 0.15) is 66.9 Å². The molecule has 1 atom stereocenters. The molecule has 0 radical (unpaired) electrons. The summed E-state index contributed by atoms with van der Waals surface area (Å²) < 4.78 is 22.4. The number of fused-ring (bicyclic) bond motifs is 1. The van der Waals surface area contributed by atoms with Gasteiger partial charge >= 0.3 is 0 Å². The molecule has 0 unspecified atom stereocenters. The highest BCUT2D eigenvalue weighted by molar-refractivity contribution is 6.05. The number of rotatable bonds is 6. The Bertz CT molecular complexity index is 1130. The smallest absolute Gasteiger partial charge is 0.256 e. The number of nitrogens with zero attached hydrogens (tertiary/aromatic N) is 1. The lowest BCUT2D eigenvalue weighted by Gasteiger charge is -2.28. The standard InChI is InChI=1S/C28H34N2O6/c1-33-24-16-20(21(17-25(24)34-2)29-27(31)18-7-4-3-5-8-18)28(32)30-12-6-9-22(30)19-10-11-23-26(15-19)36-14-13-35-23/h10-11,15-18,22H,3-9,12-14H2,1-2H3,(H,29,31)/t22-/m0/s1. The van der Waals surface area contributed by atoms with Crippen LogP contribution >= 0.6 is 0 Å². The Morgan fingerprint density at radius 3 is 2.36 bits per heavy atom. The fourth-order valence-electron chi connectivity index (χ4n) is 5.54. The Kier molecular flexibility index (Phi) is 7.20. The molecule has 1 saturated heterocycles. The largest absolute Gasteiger partial charge is 0.493 e. The summed E-state index contributed by atoms with van der Waals surface area (Å²) in [6, 6.07) is 9.17. The van der Waals surface area contributed by atoms with E-state index in [0.29, 0.717) is 48.3 Å². The summed E-state index contributed by atoms with van der Waals surface area (Å²) in [5, 5.41) is 3.05. The second-order valence-corrected chi connectivity index (χ2v) is 9.64. The van der Waals surface area contributed by atoms with Gasteiger partial charge in [-0.1, -0.05) is 25.3 Å². The van der Waals surface area contributed by atoms with Crippen LogP contribution in [0.2, 0.25) is 0 Å². The number of hydrogen-bond acceptors (Lipinski definition) is 6. The van der Waals surface area contributed by atoms with Gasteiger partial charge in [0.05, 0.1) is 31.5 Å². The molecule has 2 aromatic rings. The molecule has 0 bridgehead atoms. The highest BCUT2D eigenvalue weighted by atomic mass is 16.6. The molecule has 2 aliphatic heterocycles. The second-order valence-electron chi connectivity index (χ2n) is 9.64. The van der Waals surface area contributed by atoms with Crippen LogP contribution in [0.15, 0.2) is 30.3 Å². The molecule has 1 N–H and O–H groups in total. The van der Waals surface area contributed by atoms with Gasteiger partial charge in [0.25, 0.3) is 5.91 Å². The molecule has 192 valence electrons. The van der Waals surface area contributed by atoms with Gasteiger partial charge in [-0.3, -0.25) is 9.59 Å². The minimum absolute atomic E-state index is 0.0351. The van der Waals surface area contributed by atoms with Crippen LogP contribution in [0.5, 0.6) is 23.0 Å². The zero-order valence-electron chi connectivity index (χ0n) is 21.0. The van der Waals surface area contributed by atoms with Gasteiger partial charge in [-0.15, -0.1) is 0 Å². The van der Waals surface area contributed by atoms with Crippen LogP contribution < -0.4 is 24.3 Å². The van der Waals surface area contributed by atoms with Gasteiger partial charge in [0.15, 0.2) is 23.0 Å². The summed E-state index contributed by atoms with van der Waals surface area (Å²) in [6.45, 7) is 1.68. The Morgan fingerprint density at radius 2 is 1.61 bits per heavy atom.